The van der Waals surface area contributed by atoms with E-state index in [1.807, 2.05) is 32.0 Å². The second-order valence-corrected chi connectivity index (χ2v) is 4.18. The van der Waals surface area contributed by atoms with E-state index in [0.29, 0.717) is 23.6 Å². The summed E-state index contributed by atoms with van der Waals surface area (Å²) in [5.74, 6) is 1.31. The molecule has 0 heterocycles. The van der Waals surface area contributed by atoms with Gasteiger partial charge < -0.3 is 14.4 Å². The Morgan fingerprint density at radius 1 is 1.18 bits per heavy atom. The molecule has 0 radical (unpaired) electrons. The number of hydrogen-bond donors (Lipinski definition) is 0. The van der Waals surface area contributed by atoms with E-state index in [9.17, 15) is 4.79 Å². The molecule has 0 unspecified atom stereocenters. The van der Waals surface area contributed by atoms with Gasteiger partial charge in [0.25, 0.3) is 0 Å². The molecule has 0 bridgehead atoms. The van der Waals surface area contributed by atoms with Crippen LogP contribution < -0.4 is 9.47 Å². The molecule has 0 aliphatic carbocycles. The monoisotopic (exact) mass is 237 g/mol. The van der Waals surface area contributed by atoms with Crippen molar-refractivity contribution in [3.8, 4) is 11.5 Å². The Hall–Kier alpha value is -1.55. The highest BCUT2D eigenvalue weighted by molar-refractivity contribution is 6.00. The van der Waals surface area contributed by atoms with Crippen LogP contribution in [-0.2, 0) is 0 Å². The fraction of sp³-hybridized carbons (Fsp3) is 0.462. The zero-order valence-electron chi connectivity index (χ0n) is 11.0. The van der Waals surface area contributed by atoms with Crippen LogP contribution in [0.1, 0.15) is 15.9 Å². The summed E-state index contributed by atoms with van der Waals surface area (Å²) in [6, 6.07) is 3.56. The minimum Gasteiger partial charge on any atom is -0.496 e. The molecule has 4 heteroatoms. The summed E-state index contributed by atoms with van der Waals surface area (Å²) < 4.78 is 10.5. The van der Waals surface area contributed by atoms with E-state index < -0.39 is 0 Å². The maximum atomic E-state index is 12.0. The SMILES string of the molecule is COc1cc(C(=O)CN(C)C)c(OC)cc1C. The summed E-state index contributed by atoms with van der Waals surface area (Å²) in [4.78, 5) is 13.9. The number of aryl methyl sites for hydroxylation is 1. The molecular weight excluding hydrogens is 218 g/mol. The lowest BCUT2D eigenvalue weighted by Crippen LogP contribution is -2.22. The van der Waals surface area contributed by atoms with Crippen molar-refractivity contribution < 1.29 is 14.3 Å². The summed E-state index contributed by atoms with van der Waals surface area (Å²) in [6.45, 7) is 2.27. The van der Waals surface area contributed by atoms with Gasteiger partial charge in [0.2, 0.25) is 0 Å². The van der Waals surface area contributed by atoms with Gasteiger partial charge in [0.05, 0.1) is 26.3 Å². The Morgan fingerprint density at radius 2 is 1.76 bits per heavy atom. The first-order valence-corrected chi connectivity index (χ1v) is 5.40. The number of carbonyl (C=O) groups excluding carboxylic acids is 1. The summed E-state index contributed by atoms with van der Waals surface area (Å²) in [7, 11) is 6.87. The van der Waals surface area contributed by atoms with Crippen molar-refractivity contribution in [1.82, 2.24) is 4.90 Å². The van der Waals surface area contributed by atoms with Gasteiger partial charge >= 0.3 is 0 Å². The fourth-order valence-corrected chi connectivity index (χ4v) is 1.64. The molecule has 1 aromatic carbocycles. The van der Waals surface area contributed by atoms with Crippen LogP contribution in [0.5, 0.6) is 11.5 Å². The predicted octanol–water partition coefficient (Wildman–Crippen LogP) is 1.76. The first-order chi connectivity index (χ1) is 7.99. The lowest BCUT2D eigenvalue weighted by Gasteiger charge is -2.14. The molecule has 0 spiro atoms. The lowest BCUT2D eigenvalue weighted by atomic mass is 10.1. The van der Waals surface area contributed by atoms with Gasteiger partial charge in [-0.1, -0.05) is 0 Å². The Kier molecular flexibility index (Phi) is 4.52. The molecule has 0 N–H and O–H groups in total. The van der Waals surface area contributed by atoms with Crippen LogP contribution in [0, 0.1) is 6.92 Å². The highest BCUT2D eigenvalue weighted by Crippen LogP contribution is 2.28. The van der Waals surface area contributed by atoms with Gasteiger partial charge in [0, 0.05) is 0 Å². The van der Waals surface area contributed by atoms with E-state index in [1.54, 1.807) is 20.3 Å². The maximum Gasteiger partial charge on any atom is 0.180 e. The smallest absolute Gasteiger partial charge is 0.180 e. The van der Waals surface area contributed by atoms with Crippen LogP contribution in [0.15, 0.2) is 12.1 Å². The first kappa shape index (κ1) is 13.5. The standard InChI is InChI=1S/C13H19NO3/c1-9-6-13(17-5)10(7-12(9)16-4)11(15)8-14(2)3/h6-7H,8H2,1-5H3. The number of ether oxygens (including phenoxy) is 2. The summed E-state index contributed by atoms with van der Waals surface area (Å²) >= 11 is 0. The molecule has 0 aliphatic rings. The number of rotatable bonds is 5. The van der Waals surface area contributed by atoms with Crippen molar-refractivity contribution in [3.63, 3.8) is 0 Å². The van der Waals surface area contributed by atoms with Gasteiger partial charge in [-0.2, -0.15) is 0 Å². The van der Waals surface area contributed by atoms with Gasteiger partial charge in [-0.25, -0.2) is 0 Å². The molecule has 0 fully saturated rings. The summed E-state index contributed by atoms with van der Waals surface area (Å²) in [5.41, 5.74) is 1.51. The van der Waals surface area contributed by atoms with Gasteiger partial charge in [0.15, 0.2) is 5.78 Å². The molecule has 0 aliphatic heterocycles. The minimum atomic E-state index is 0.0187. The van der Waals surface area contributed by atoms with Crippen molar-refractivity contribution in [2.45, 2.75) is 6.92 Å². The zero-order valence-corrected chi connectivity index (χ0v) is 11.0. The number of carbonyl (C=O) groups is 1. The van der Waals surface area contributed by atoms with Crippen molar-refractivity contribution >= 4 is 5.78 Å². The molecule has 0 atom stereocenters. The van der Waals surface area contributed by atoms with Crippen LogP contribution in [0.4, 0.5) is 0 Å². The summed E-state index contributed by atoms with van der Waals surface area (Å²) in [5, 5.41) is 0. The second kappa shape index (κ2) is 5.68. The van der Waals surface area contributed by atoms with Crippen LogP contribution in [-0.4, -0.2) is 45.5 Å². The average Bonchev–Trinajstić information content (AvgIpc) is 2.27. The van der Waals surface area contributed by atoms with E-state index in [0.717, 1.165) is 5.56 Å². The molecule has 94 valence electrons. The molecule has 0 amide bonds. The van der Waals surface area contributed by atoms with Gasteiger partial charge in [0.1, 0.15) is 11.5 Å². The molecule has 1 rings (SSSR count). The third-order valence-electron chi connectivity index (χ3n) is 2.48. The molecule has 4 nitrogen and oxygen atoms in total. The van der Waals surface area contributed by atoms with Crippen LogP contribution >= 0.6 is 0 Å². The molecule has 0 saturated heterocycles. The van der Waals surface area contributed by atoms with E-state index in [1.165, 1.54) is 0 Å². The summed E-state index contributed by atoms with van der Waals surface area (Å²) in [6.07, 6.45) is 0. The zero-order chi connectivity index (χ0) is 13.0. The largest absolute Gasteiger partial charge is 0.496 e. The van der Waals surface area contributed by atoms with Crippen molar-refractivity contribution in [1.29, 1.82) is 0 Å². The Bertz CT molecular complexity index is 413. The van der Waals surface area contributed by atoms with E-state index >= 15 is 0 Å². The molecular formula is C13H19NO3. The normalized spacial score (nSPS) is 10.5. The first-order valence-electron chi connectivity index (χ1n) is 5.40. The van der Waals surface area contributed by atoms with Crippen molar-refractivity contribution in [2.24, 2.45) is 0 Å². The van der Waals surface area contributed by atoms with Crippen molar-refractivity contribution in [3.05, 3.63) is 23.3 Å². The van der Waals surface area contributed by atoms with Gasteiger partial charge in [-0.15, -0.1) is 0 Å². The molecule has 17 heavy (non-hydrogen) atoms. The highest BCUT2D eigenvalue weighted by Gasteiger charge is 2.15. The van der Waals surface area contributed by atoms with Crippen LogP contribution in [0.3, 0.4) is 0 Å². The second-order valence-electron chi connectivity index (χ2n) is 4.18. The van der Waals surface area contributed by atoms with E-state index in [4.69, 9.17) is 9.47 Å². The fourth-order valence-electron chi connectivity index (χ4n) is 1.64. The third kappa shape index (κ3) is 3.20. The van der Waals surface area contributed by atoms with Crippen molar-refractivity contribution in [2.75, 3.05) is 34.9 Å². The Morgan fingerprint density at radius 3 is 2.24 bits per heavy atom. The topological polar surface area (TPSA) is 38.8 Å². The number of ketones is 1. The maximum absolute atomic E-state index is 12.0. The predicted molar refractivity (Wildman–Crippen MR) is 67.2 cm³/mol. The quantitative estimate of drug-likeness (QED) is 0.731. The van der Waals surface area contributed by atoms with Gasteiger partial charge in [-0.3, -0.25) is 4.79 Å². The van der Waals surface area contributed by atoms with E-state index in [-0.39, 0.29) is 5.78 Å². The Labute approximate surface area is 102 Å². The number of nitrogens with zero attached hydrogens (tertiary/aromatic N) is 1. The van der Waals surface area contributed by atoms with E-state index in [2.05, 4.69) is 0 Å². The molecule has 0 aromatic heterocycles. The molecule has 0 saturated carbocycles. The van der Waals surface area contributed by atoms with Gasteiger partial charge in [-0.05, 0) is 38.7 Å². The molecule has 1 aromatic rings. The number of Topliss-reactive ketones (excluding diaryl/α,β-unsaturated/α-hetero) is 1. The minimum absolute atomic E-state index is 0.0187. The number of methoxy groups -OCH3 is 2. The highest BCUT2D eigenvalue weighted by atomic mass is 16.5. The van der Waals surface area contributed by atoms with Crippen LogP contribution in [0.25, 0.3) is 0 Å². The number of likely N-dealkylation sites (N-methyl/N-ethyl adjacent to an activating group) is 1. The number of benzene rings is 1. The van der Waals surface area contributed by atoms with Crippen LogP contribution in [0.2, 0.25) is 0 Å². The average molecular weight is 237 g/mol. The lowest BCUT2D eigenvalue weighted by molar-refractivity contribution is 0.0954. The third-order valence-corrected chi connectivity index (χ3v) is 2.48. The Balaban J connectivity index is 3.16. The number of hydrogen-bond acceptors (Lipinski definition) is 4.